The van der Waals surface area contributed by atoms with Gasteiger partial charge in [0.1, 0.15) is 17.4 Å². The highest BCUT2D eigenvalue weighted by Crippen LogP contribution is 2.33. The average Bonchev–Trinajstić information content (AvgIpc) is 3.48. The number of ketones is 1. The fraction of sp³-hybridized carbons (Fsp3) is 0.172. The molecule has 0 saturated heterocycles. The normalized spacial score (nSPS) is 12.8. The summed E-state index contributed by atoms with van der Waals surface area (Å²) in [6, 6.07) is 13.9. The van der Waals surface area contributed by atoms with Crippen LogP contribution < -0.4 is 10.5 Å². The summed E-state index contributed by atoms with van der Waals surface area (Å²) in [4.78, 5) is 13.4. The maximum Gasteiger partial charge on any atom is 0.194 e. The number of fused-ring (bicyclic) bond motifs is 1. The summed E-state index contributed by atoms with van der Waals surface area (Å²) in [7, 11) is -3.41. The van der Waals surface area contributed by atoms with Crippen LogP contribution in [0.3, 0.4) is 0 Å². The monoisotopic (exact) mass is 549 g/mol. The van der Waals surface area contributed by atoms with E-state index < -0.39 is 27.2 Å². The number of aryl methyl sites for hydroxylation is 1. The molecule has 1 aromatic heterocycles. The molecule has 0 aliphatic heterocycles. The van der Waals surface area contributed by atoms with E-state index >= 15 is 0 Å². The number of sulfone groups is 1. The molecule has 1 aliphatic carbocycles. The Bertz CT molecular complexity index is 1760. The number of para-hydroxylation sites is 1. The van der Waals surface area contributed by atoms with E-state index in [0.717, 1.165) is 5.56 Å². The molecule has 200 valence electrons. The predicted molar refractivity (Wildman–Crippen MR) is 145 cm³/mol. The van der Waals surface area contributed by atoms with Crippen LogP contribution in [0, 0.1) is 18.6 Å². The summed E-state index contributed by atoms with van der Waals surface area (Å²) in [5.74, 6) is -1.28. The lowest BCUT2D eigenvalue weighted by molar-refractivity contribution is 0.103. The van der Waals surface area contributed by atoms with E-state index in [1.54, 1.807) is 36.4 Å². The Morgan fingerprint density at radius 3 is 2.59 bits per heavy atom. The number of aromatic nitrogens is 2. The second-order valence-electron chi connectivity index (χ2n) is 9.33. The topological polar surface area (TPSA) is 104 Å². The molecule has 1 heterocycles. The van der Waals surface area contributed by atoms with Crippen LogP contribution in [0.15, 0.2) is 66.4 Å². The molecule has 10 heteroatoms. The Morgan fingerprint density at radius 1 is 1.10 bits per heavy atom. The molecule has 0 radical (unpaired) electrons. The number of nitrogens with zero attached hydrogens (tertiary/aromatic N) is 2. The van der Waals surface area contributed by atoms with Crippen molar-refractivity contribution in [3.8, 4) is 17.2 Å². The standard InChI is InChI=1S/C29H25F2N3O4S/c1-3-39(36,37)16-21-13-18-11-20(12-19(18)14-25(21)31)28(35)23-15-33-34(29(23)32)26-9-8-22(10-17(26)2)38-27-7-5-4-6-24(27)30/h4-10,12-15H,3,11,16,32H2,1-2H3. The van der Waals surface area contributed by atoms with Crippen LogP contribution in [0.5, 0.6) is 11.5 Å². The molecule has 5 rings (SSSR count). The third-order valence-electron chi connectivity index (χ3n) is 6.64. The van der Waals surface area contributed by atoms with Crippen LogP contribution in [-0.4, -0.2) is 29.7 Å². The summed E-state index contributed by atoms with van der Waals surface area (Å²) in [5, 5.41) is 4.31. The van der Waals surface area contributed by atoms with Gasteiger partial charge in [0.15, 0.2) is 27.2 Å². The zero-order valence-corrected chi connectivity index (χ0v) is 22.1. The van der Waals surface area contributed by atoms with Gasteiger partial charge >= 0.3 is 0 Å². The van der Waals surface area contributed by atoms with E-state index in [1.807, 2.05) is 6.92 Å². The minimum absolute atomic E-state index is 0.0861. The number of rotatable bonds is 8. The summed E-state index contributed by atoms with van der Waals surface area (Å²) < 4.78 is 59.6. The van der Waals surface area contributed by atoms with Crippen molar-refractivity contribution >= 4 is 27.5 Å². The molecule has 0 amide bonds. The molecule has 39 heavy (non-hydrogen) atoms. The van der Waals surface area contributed by atoms with Crippen LogP contribution in [0.4, 0.5) is 14.6 Å². The van der Waals surface area contributed by atoms with Gasteiger partial charge < -0.3 is 10.5 Å². The fourth-order valence-electron chi connectivity index (χ4n) is 4.49. The highest BCUT2D eigenvalue weighted by Gasteiger charge is 2.26. The van der Waals surface area contributed by atoms with E-state index in [-0.39, 0.29) is 40.7 Å². The molecule has 4 aromatic rings. The van der Waals surface area contributed by atoms with Crippen molar-refractivity contribution in [2.24, 2.45) is 0 Å². The Labute approximate surface area is 224 Å². The third-order valence-corrected chi connectivity index (χ3v) is 8.27. The van der Waals surface area contributed by atoms with Gasteiger partial charge in [-0.05, 0) is 66.1 Å². The van der Waals surface area contributed by atoms with Gasteiger partial charge in [0, 0.05) is 23.3 Å². The van der Waals surface area contributed by atoms with Crippen molar-refractivity contribution in [3.05, 3.63) is 106 Å². The summed E-state index contributed by atoms with van der Waals surface area (Å²) in [5.41, 5.74) is 9.56. The number of Topliss-reactive ketones (excluding diaryl/α,β-unsaturated/α-hetero) is 1. The molecule has 7 nitrogen and oxygen atoms in total. The molecular formula is C29H25F2N3O4S. The third kappa shape index (κ3) is 5.20. The number of halogens is 2. The van der Waals surface area contributed by atoms with Gasteiger partial charge in [-0.1, -0.05) is 25.1 Å². The second-order valence-corrected chi connectivity index (χ2v) is 11.7. The minimum atomic E-state index is -3.41. The number of carbonyl (C=O) groups is 1. The minimum Gasteiger partial charge on any atom is -0.454 e. The van der Waals surface area contributed by atoms with Gasteiger partial charge in [0.05, 0.1) is 23.2 Å². The van der Waals surface area contributed by atoms with Crippen LogP contribution in [-0.2, 0) is 22.0 Å². The molecule has 2 N–H and O–H groups in total. The summed E-state index contributed by atoms with van der Waals surface area (Å²) in [6.07, 6.45) is 3.19. The largest absolute Gasteiger partial charge is 0.454 e. The van der Waals surface area contributed by atoms with Crippen LogP contribution in [0.1, 0.15) is 39.5 Å². The lowest BCUT2D eigenvalue weighted by Crippen LogP contribution is -2.09. The SMILES string of the molecule is CCS(=O)(=O)Cc1cc2c(cc1F)C=C(C(=O)c1cnn(-c3ccc(Oc4ccccc4F)cc3C)c1N)C2. The van der Waals surface area contributed by atoms with Crippen molar-refractivity contribution in [1.29, 1.82) is 0 Å². The molecule has 3 aromatic carbocycles. The lowest BCUT2D eigenvalue weighted by atomic mass is 10.0. The lowest BCUT2D eigenvalue weighted by Gasteiger charge is -2.12. The van der Waals surface area contributed by atoms with E-state index in [2.05, 4.69) is 5.10 Å². The first kappa shape index (κ1) is 26.3. The quantitative estimate of drug-likeness (QED) is 0.287. The molecule has 0 saturated carbocycles. The number of nitrogens with two attached hydrogens (primary N) is 1. The number of hydrogen-bond donors (Lipinski definition) is 1. The first-order valence-corrected chi connectivity index (χ1v) is 14.0. The molecule has 0 fully saturated rings. The van der Waals surface area contributed by atoms with Crippen LogP contribution in [0.2, 0.25) is 0 Å². The van der Waals surface area contributed by atoms with Crippen LogP contribution >= 0.6 is 0 Å². The number of anilines is 1. The number of hydrogen-bond acceptors (Lipinski definition) is 6. The van der Waals surface area contributed by atoms with Gasteiger partial charge in [-0.2, -0.15) is 5.10 Å². The fourth-order valence-corrected chi connectivity index (χ4v) is 5.39. The highest BCUT2D eigenvalue weighted by atomic mass is 32.2. The molecule has 1 aliphatic rings. The molecule has 0 unspecified atom stereocenters. The van der Waals surface area contributed by atoms with Crippen molar-refractivity contribution in [1.82, 2.24) is 9.78 Å². The molecule has 0 spiro atoms. The number of benzene rings is 3. The number of carbonyl (C=O) groups excluding carboxylic acids is 1. The first-order chi connectivity index (χ1) is 18.6. The Balaban J connectivity index is 1.37. The number of nitrogen functional groups attached to an aromatic ring is 1. The summed E-state index contributed by atoms with van der Waals surface area (Å²) in [6.45, 7) is 3.33. The van der Waals surface area contributed by atoms with Crippen molar-refractivity contribution < 1.29 is 26.7 Å². The molecule has 0 bridgehead atoms. The van der Waals surface area contributed by atoms with Gasteiger partial charge in [-0.15, -0.1) is 0 Å². The Hall–Kier alpha value is -4.31. The van der Waals surface area contributed by atoms with E-state index in [9.17, 15) is 22.0 Å². The van der Waals surface area contributed by atoms with Crippen molar-refractivity contribution in [3.63, 3.8) is 0 Å². The van der Waals surface area contributed by atoms with Gasteiger partial charge in [-0.3, -0.25) is 4.79 Å². The van der Waals surface area contributed by atoms with E-state index in [0.29, 0.717) is 28.1 Å². The maximum atomic E-state index is 14.6. The van der Waals surface area contributed by atoms with Gasteiger partial charge in [0.25, 0.3) is 0 Å². The zero-order valence-electron chi connectivity index (χ0n) is 21.2. The zero-order chi connectivity index (χ0) is 27.9. The first-order valence-electron chi connectivity index (χ1n) is 12.2. The predicted octanol–water partition coefficient (Wildman–Crippen LogP) is 5.59. The van der Waals surface area contributed by atoms with Crippen molar-refractivity contribution in [2.75, 3.05) is 11.5 Å². The van der Waals surface area contributed by atoms with Crippen LogP contribution in [0.25, 0.3) is 11.8 Å². The maximum absolute atomic E-state index is 14.6. The average molecular weight is 550 g/mol. The van der Waals surface area contributed by atoms with E-state index in [4.69, 9.17) is 10.5 Å². The van der Waals surface area contributed by atoms with Gasteiger partial charge in [0.2, 0.25) is 0 Å². The number of allylic oxidation sites excluding steroid dienone is 1. The summed E-state index contributed by atoms with van der Waals surface area (Å²) >= 11 is 0. The Kier molecular flexibility index (Phi) is 6.82. The van der Waals surface area contributed by atoms with Gasteiger partial charge in [-0.25, -0.2) is 21.9 Å². The smallest absolute Gasteiger partial charge is 0.194 e. The Morgan fingerprint density at radius 2 is 1.87 bits per heavy atom. The number of ether oxygens (including phenoxy) is 1. The molecule has 0 atom stereocenters. The van der Waals surface area contributed by atoms with Crippen molar-refractivity contribution in [2.45, 2.75) is 26.0 Å². The molecular weight excluding hydrogens is 524 g/mol. The van der Waals surface area contributed by atoms with E-state index in [1.165, 1.54) is 42.1 Å². The second kappa shape index (κ2) is 10.1. The highest BCUT2D eigenvalue weighted by molar-refractivity contribution is 7.90.